The van der Waals surface area contributed by atoms with Crippen molar-refractivity contribution in [1.82, 2.24) is 5.32 Å². The van der Waals surface area contributed by atoms with E-state index in [-0.39, 0.29) is 19.3 Å². The number of aliphatic hydroxyl groups excluding tert-OH is 1. The molecule has 0 fully saturated rings. The number of aliphatic hydroxyl groups is 1. The predicted molar refractivity (Wildman–Crippen MR) is 78.7 cm³/mol. The quantitative estimate of drug-likeness (QED) is 0.449. The van der Waals surface area contributed by atoms with E-state index < -0.39 is 30.4 Å². The van der Waals surface area contributed by atoms with Crippen molar-refractivity contribution in [3.63, 3.8) is 0 Å². The molecule has 21 heavy (non-hydrogen) atoms. The van der Waals surface area contributed by atoms with Gasteiger partial charge in [-0.05, 0) is 11.8 Å². The molecule has 124 valence electrons. The van der Waals surface area contributed by atoms with Crippen LogP contribution in [0.4, 0.5) is 0 Å². The van der Waals surface area contributed by atoms with Gasteiger partial charge < -0.3 is 26.0 Å². The molecule has 0 aliphatic rings. The molecule has 7 heteroatoms. The zero-order valence-corrected chi connectivity index (χ0v) is 13.2. The highest BCUT2D eigenvalue weighted by molar-refractivity contribution is 5.86. The third-order valence-electron chi connectivity index (χ3n) is 3.10. The van der Waals surface area contributed by atoms with Gasteiger partial charge in [0.25, 0.3) is 0 Å². The molecule has 0 aromatic rings. The van der Waals surface area contributed by atoms with Gasteiger partial charge in [-0.1, -0.05) is 27.7 Å². The molecule has 0 aliphatic carbocycles. The van der Waals surface area contributed by atoms with E-state index in [1.807, 2.05) is 27.7 Å². The lowest BCUT2D eigenvalue weighted by atomic mass is 9.96. The second-order valence-corrected chi connectivity index (χ2v) is 5.88. The Morgan fingerprint density at radius 2 is 1.71 bits per heavy atom. The molecule has 0 heterocycles. The van der Waals surface area contributed by atoms with Crippen molar-refractivity contribution in [1.29, 1.82) is 0 Å². The van der Waals surface area contributed by atoms with Crippen molar-refractivity contribution >= 4 is 11.9 Å². The molecule has 1 unspecified atom stereocenters. The number of carbonyl (C=O) groups is 2. The van der Waals surface area contributed by atoms with E-state index in [1.165, 1.54) is 0 Å². The minimum Gasteiger partial charge on any atom is -0.481 e. The molecule has 0 spiro atoms. The average Bonchev–Trinajstić information content (AvgIpc) is 2.35. The Balaban J connectivity index is 4.39. The number of amides is 1. The molecule has 0 aromatic heterocycles. The van der Waals surface area contributed by atoms with Gasteiger partial charge in [0.2, 0.25) is 5.91 Å². The minimum atomic E-state index is -1.14. The largest absolute Gasteiger partial charge is 0.481 e. The summed E-state index contributed by atoms with van der Waals surface area (Å²) in [5.74, 6) is -1.12. The summed E-state index contributed by atoms with van der Waals surface area (Å²) in [6.45, 7) is 8.03. The number of aliphatic carboxylic acids is 1. The van der Waals surface area contributed by atoms with Crippen molar-refractivity contribution < 1.29 is 24.5 Å². The highest BCUT2D eigenvalue weighted by atomic mass is 16.5. The lowest BCUT2D eigenvalue weighted by Crippen LogP contribution is -2.49. The second-order valence-electron chi connectivity index (χ2n) is 5.88. The van der Waals surface area contributed by atoms with E-state index >= 15 is 0 Å². The van der Waals surface area contributed by atoms with Gasteiger partial charge in [0.1, 0.15) is 0 Å². The van der Waals surface area contributed by atoms with Crippen LogP contribution in [0, 0.1) is 11.8 Å². The molecular formula is C14H28N2O5. The van der Waals surface area contributed by atoms with Gasteiger partial charge in [-0.25, -0.2) is 0 Å². The summed E-state index contributed by atoms with van der Waals surface area (Å²) in [4.78, 5) is 22.2. The van der Waals surface area contributed by atoms with Crippen LogP contribution >= 0.6 is 0 Å². The molecule has 0 aliphatic heterocycles. The van der Waals surface area contributed by atoms with E-state index in [9.17, 15) is 14.7 Å². The van der Waals surface area contributed by atoms with Crippen LogP contribution in [0.2, 0.25) is 0 Å². The maximum atomic E-state index is 11.7. The molecule has 0 bridgehead atoms. The molecular weight excluding hydrogens is 276 g/mol. The Morgan fingerprint density at radius 1 is 1.19 bits per heavy atom. The topological polar surface area (TPSA) is 122 Å². The lowest BCUT2D eigenvalue weighted by Gasteiger charge is -2.28. The first-order valence-corrected chi connectivity index (χ1v) is 7.19. The van der Waals surface area contributed by atoms with Gasteiger partial charge in [-0.2, -0.15) is 0 Å². The number of nitrogens with two attached hydrogens (primary N) is 1. The first-order valence-electron chi connectivity index (χ1n) is 7.19. The third kappa shape index (κ3) is 7.99. The zero-order chi connectivity index (χ0) is 16.6. The van der Waals surface area contributed by atoms with Crippen LogP contribution in [0.1, 0.15) is 34.1 Å². The van der Waals surface area contributed by atoms with Crippen molar-refractivity contribution in [2.45, 2.75) is 52.3 Å². The number of hydrogen-bond donors (Lipinski definition) is 4. The SMILES string of the molecule is CC(C)C(OCC(CO)NC(=O)[C@@H](N)CC(=O)O)C(C)C. The minimum absolute atomic E-state index is 0.0173. The fraction of sp³-hybridized carbons (Fsp3) is 0.857. The number of ether oxygens (including phenoxy) is 1. The number of nitrogens with one attached hydrogen (secondary N) is 1. The number of carboxylic acid groups (broad SMARTS) is 1. The Morgan fingerprint density at radius 3 is 2.10 bits per heavy atom. The van der Waals surface area contributed by atoms with Gasteiger partial charge in [0.05, 0.1) is 37.8 Å². The van der Waals surface area contributed by atoms with Crippen molar-refractivity contribution in [2.24, 2.45) is 17.6 Å². The molecule has 0 rings (SSSR count). The summed E-state index contributed by atoms with van der Waals surface area (Å²) in [6, 6.07) is -1.74. The highest BCUT2D eigenvalue weighted by Gasteiger charge is 2.23. The Hall–Kier alpha value is -1.18. The average molecular weight is 304 g/mol. The van der Waals surface area contributed by atoms with Gasteiger partial charge in [-0.3, -0.25) is 9.59 Å². The summed E-state index contributed by atoms with van der Waals surface area (Å²) < 4.78 is 5.75. The zero-order valence-electron chi connectivity index (χ0n) is 13.2. The van der Waals surface area contributed by atoms with Gasteiger partial charge >= 0.3 is 5.97 Å². The smallest absolute Gasteiger partial charge is 0.305 e. The van der Waals surface area contributed by atoms with E-state index in [0.717, 1.165) is 0 Å². The van der Waals surface area contributed by atoms with Crippen LogP contribution in [0.25, 0.3) is 0 Å². The molecule has 0 saturated carbocycles. The number of carbonyl (C=O) groups excluding carboxylic acids is 1. The molecule has 1 amide bonds. The standard InChI is InChI=1S/C14H28N2O5/c1-8(2)13(9(3)4)21-7-10(6-17)16-14(20)11(15)5-12(18)19/h8-11,13,17H,5-7,15H2,1-4H3,(H,16,20)(H,18,19)/t10?,11-/m0/s1. The van der Waals surface area contributed by atoms with Gasteiger partial charge in [0, 0.05) is 0 Å². The Bertz CT molecular complexity index is 325. The highest BCUT2D eigenvalue weighted by Crippen LogP contribution is 2.16. The van der Waals surface area contributed by atoms with Gasteiger partial charge in [-0.15, -0.1) is 0 Å². The van der Waals surface area contributed by atoms with Crippen LogP contribution in [-0.4, -0.2) is 53.5 Å². The molecule has 0 radical (unpaired) electrons. The predicted octanol–water partition coefficient (Wildman–Crippen LogP) is -0.0373. The Labute approximate surface area is 125 Å². The van der Waals surface area contributed by atoms with Crippen molar-refractivity contribution in [3.05, 3.63) is 0 Å². The maximum absolute atomic E-state index is 11.7. The van der Waals surface area contributed by atoms with Crippen molar-refractivity contribution in [3.8, 4) is 0 Å². The fourth-order valence-electron chi connectivity index (χ4n) is 2.11. The third-order valence-corrected chi connectivity index (χ3v) is 3.10. The molecule has 2 atom stereocenters. The number of hydrogen-bond acceptors (Lipinski definition) is 5. The monoisotopic (exact) mass is 304 g/mol. The van der Waals surface area contributed by atoms with Gasteiger partial charge in [0.15, 0.2) is 0 Å². The molecule has 0 saturated heterocycles. The maximum Gasteiger partial charge on any atom is 0.305 e. The first kappa shape index (κ1) is 19.8. The normalized spacial score (nSPS) is 14.5. The van der Waals surface area contributed by atoms with Crippen LogP contribution in [0.3, 0.4) is 0 Å². The lowest BCUT2D eigenvalue weighted by molar-refractivity contribution is -0.139. The van der Waals surface area contributed by atoms with Crippen LogP contribution in [0.5, 0.6) is 0 Å². The summed E-state index contributed by atoms with van der Waals surface area (Å²) in [6.07, 6.45) is -0.436. The van der Waals surface area contributed by atoms with Crippen LogP contribution in [-0.2, 0) is 14.3 Å². The second kappa shape index (κ2) is 9.70. The fourth-order valence-corrected chi connectivity index (χ4v) is 2.11. The number of rotatable bonds is 10. The van der Waals surface area contributed by atoms with Crippen LogP contribution < -0.4 is 11.1 Å². The van der Waals surface area contributed by atoms with E-state index in [4.69, 9.17) is 15.6 Å². The molecule has 7 nitrogen and oxygen atoms in total. The summed E-state index contributed by atoms with van der Waals surface area (Å²) >= 11 is 0. The summed E-state index contributed by atoms with van der Waals surface area (Å²) in [5.41, 5.74) is 5.46. The Kier molecular flexibility index (Phi) is 9.16. The van der Waals surface area contributed by atoms with E-state index in [1.54, 1.807) is 0 Å². The van der Waals surface area contributed by atoms with Crippen molar-refractivity contribution in [2.75, 3.05) is 13.2 Å². The summed E-state index contributed by atoms with van der Waals surface area (Å²) in [7, 11) is 0. The molecule has 5 N–H and O–H groups in total. The van der Waals surface area contributed by atoms with E-state index in [2.05, 4.69) is 5.32 Å². The number of carboxylic acids is 1. The summed E-state index contributed by atoms with van der Waals surface area (Å²) in [5, 5.41) is 20.4. The van der Waals surface area contributed by atoms with E-state index in [0.29, 0.717) is 11.8 Å². The molecule has 0 aromatic carbocycles. The van der Waals surface area contributed by atoms with Crippen LogP contribution in [0.15, 0.2) is 0 Å². The first-order chi connectivity index (χ1) is 9.68.